The van der Waals surface area contributed by atoms with Crippen LogP contribution in [0.5, 0.6) is 5.75 Å². The lowest BCUT2D eigenvalue weighted by molar-refractivity contribution is 0.414. The van der Waals surface area contributed by atoms with Crippen molar-refractivity contribution in [3.05, 3.63) is 51.2 Å². The summed E-state index contributed by atoms with van der Waals surface area (Å²) in [5, 5.41) is 0.0297. The smallest absolute Gasteiger partial charge is 0.119 e. The average Bonchev–Trinajstić information content (AvgIpc) is 2.69. The first-order chi connectivity index (χ1) is 8.60. The van der Waals surface area contributed by atoms with Crippen LogP contribution < -0.4 is 4.74 Å². The SMILES string of the molecule is COc1cccc(CC(Cl)c2cc(C)sc2C)c1. The monoisotopic (exact) mass is 280 g/mol. The minimum Gasteiger partial charge on any atom is -0.497 e. The molecule has 1 unspecified atom stereocenters. The lowest BCUT2D eigenvalue weighted by Crippen LogP contribution is -1.96. The lowest BCUT2D eigenvalue weighted by Gasteiger charge is -2.10. The van der Waals surface area contributed by atoms with Gasteiger partial charge >= 0.3 is 0 Å². The third kappa shape index (κ3) is 3.06. The van der Waals surface area contributed by atoms with Gasteiger partial charge in [-0.15, -0.1) is 22.9 Å². The fourth-order valence-electron chi connectivity index (χ4n) is 2.08. The highest BCUT2D eigenvalue weighted by Gasteiger charge is 2.14. The minimum atomic E-state index is 0.0297. The van der Waals surface area contributed by atoms with Crippen molar-refractivity contribution < 1.29 is 4.74 Å². The molecule has 2 aromatic rings. The number of thiophene rings is 1. The fraction of sp³-hybridized carbons (Fsp3) is 0.333. The van der Waals surface area contributed by atoms with Gasteiger partial charge in [0, 0.05) is 9.75 Å². The summed E-state index contributed by atoms with van der Waals surface area (Å²) in [7, 11) is 1.68. The van der Waals surface area contributed by atoms with Crippen LogP contribution in [0, 0.1) is 13.8 Å². The molecule has 0 aliphatic carbocycles. The molecule has 18 heavy (non-hydrogen) atoms. The van der Waals surface area contributed by atoms with Crippen LogP contribution in [-0.2, 0) is 6.42 Å². The molecule has 1 aromatic heterocycles. The van der Waals surface area contributed by atoms with Crippen molar-refractivity contribution in [2.24, 2.45) is 0 Å². The Morgan fingerprint density at radius 2 is 2.06 bits per heavy atom. The van der Waals surface area contributed by atoms with E-state index in [0.29, 0.717) is 0 Å². The lowest BCUT2D eigenvalue weighted by atomic mass is 10.0. The van der Waals surface area contributed by atoms with Crippen LogP contribution in [0.25, 0.3) is 0 Å². The summed E-state index contributed by atoms with van der Waals surface area (Å²) in [4.78, 5) is 2.63. The predicted molar refractivity (Wildman–Crippen MR) is 79.1 cm³/mol. The Hall–Kier alpha value is -0.990. The quantitative estimate of drug-likeness (QED) is 0.724. The number of alkyl halides is 1. The third-order valence-electron chi connectivity index (χ3n) is 2.97. The summed E-state index contributed by atoms with van der Waals surface area (Å²) in [6.07, 6.45) is 0.829. The maximum Gasteiger partial charge on any atom is 0.119 e. The van der Waals surface area contributed by atoms with E-state index in [1.54, 1.807) is 18.4 Å². The van der Waals surface area contributed by atoms with E-state index in [1.807, 2.05) is 18.2 Å². The molecular weight excluding hydrogens is 264 g/mol. The van der Waals surface area contributed by atoms with Gasteiger partial charge in [0.15, 0.2) is 0 Å². The summed E-state index contributed by atoms with van der Waals surface area (Å²) in [6.45, 7) is 4.25. The van der Waals surface area contributed by atoms with Crippen molar-refractivity contribution in [3.63, 3.8) is 0 Å². The number of benzene rings is 1. The van der Waals surface area contributed by atoms with Crippen LogP contribution in [0.3, 0.4) is 0 Å². The molecule has 0 saturated heterocycles. The van der Waals surface area contributed by atoms with Crippen LogP contribution in [0.4, 0.5) is 0 Å². The summed E-state index contributed by atoms with van der Waals surface area (Å²) >= 11 is 8.33. The predicted octanol–water partition coefficient (Wildman–Crippen LogP) is 4.90. The van der Waals surface area contributed by atoms with Crippen LogP contribution >= 0.6 is 22.9 Å². The maximum absolute atomic E-state index is 6.52. The average molecular weight is 281 g/mol. The summed E-state index contributed by atoms with van der Waals surface area (Å²) in [5.41, 5.74) is 2.46. The van der Waals surface area contributed by atoms with Gasteiger partial charge in [-0.25, -0.2) is 0 Å². The van der Waals surface area contributed by atoms with Gasteiger partial charge in [0.1, 0.15) is 5.75 Å². The van der Waals surface area contributed by atoms with Gasteiger partial charge in [0.05, 0.1) is 12.5 Å². The molecule has 2 rings (SSSR count). The topological polar surface area (TPSA) is 9.23 Å². The van der Waals surface area contributed by atoms with E-state index < -0.39 is 0 Å². The Bertz CT molecular complexity index is 533. The van der Waals surface area contributed by atoms with Gasteiger partial charge < -0.3 is 4.74 Å². The van der Waals surface area contributed by atoms with Gasteiger partial charge in [-0.3, -0.25) is 0 Å². The molecule has 96 valence electrons. The van der Waals surface area contributed by atoms with E-state index in [0.717, 1.165) is 12.2 Å². The van der Waals surface area contributed by atoms with E-state index in [4.69, 9.17) is 16.3 Å². The zero-order valence-electron chi connectivity index (χ0n) is 10.9. The normalized spacial score (nSPS) is 12.4. The second-order valence-corrected chi connectivity index (χ2v) is 6.38. The summed E-state index contributed by atoms with van der Waals surface area (Å²) < 4.78 is 5.23. The molecule has 0 bridgehead atoms. The number of hydrogen-bond donors (Lipinski definition) is 0. The van der Waals surface area contributed by atoms with Gasteiger partial charge in [-0.1, -0.05) is 12.1 Å². The van der Waals surface area contributed by atoms with Crippen molar-refractivity contribution >= 4 is 22.9 Å². The highest BCUT2D eigenvalue weighted by Crippen LogP contribution is 2.33. The molecule has 3 heteroatoms. The summed E-state index contributed by atoms with van der Waals surface area (Å²) in [6, 6.07) is 10.3. The first-order valence-electron chi connectivity index (χ1n) is 5.94. The first kappa shape index (κ1) is 13.4. The van der Waals surface area contributed by atoms with E-state index >= 15 is 0 Å². The molecule has 0 aliphatic rings. The molecule has 1 aromatic carbocycles. The zero-order valence-corrected chi connectivity index (χ0v) is 12.4. The third-order valence-corrected chi connectivity index (χ3v) is 4.34. The molecule has 0 aliphatic heterocycles. The molecule has 0 fully saturated rings. The number of rotatable bonds is 4. The van der Waals surface area contributed by atoms with Crippen molar-refractivity contribution in [2.45, 2.75) is 25.6 Å². The standard InChI is InChI=1S/C15H17ClOS/c1-10-7-14(11(2)18-10)15(16)9-12-5-4-6-13(8-12)17-3/h4-8,15H,9H2,1-3H3. The molecule has 0 saturated carbocycles. The number of aryl methyl sites for hydroxylation is 2. The summed E-state index contributed by atoms with van der Waals surface area (Å²) in [5.74, 6) is 0.884. The molecule has 1 atom stereocenters. The number of hydrogen-bond acceptors (Lipinski definition) is 2. The van der Waals surface area contributed by atoms with E-state index in [2.05, 4.69) is 26.0 Å². The van der Waals surface area contributed by atoms with Gasteiger partial charge in [-0.2, -0.15) is 0 Å². The van der Waals surface area contributed by atoms with Crippen LogP contribution in [0.15, 0.2) is 30.3 Å². The van der Waals surface area contributed by atoms with Crippen molar-refractivity contribution in [1.82, 2.24) is 0 Å². The van der Waals surface area contributed by atoms with Gasteiger partial charge in [0.25, 0.3) is 0 Å². The Kier molecular flexibility index (Phi) is 4.31. The van der Waals surface area contributed by atoms with Crippen LogP contribution in [0.1, 0.15) is 26.3 Å². The second-order valence-electron chi connectivity index (χ2n) is 4.39. The largest absolute Gasteiger partial charge is 0.497 e. The number of halogens is 1. The number of ether oxygens (including phenoxy) is 1. The zero-order chi connectivity index (χ0) is 13.1. The van der Waals surface area contributed by atoms with Crippen LogP contribution in [-0.4, -0.2) is 7.11 Å². The highest BCUT2D eigenvalue weighted by molar-refractivity contribution is 7.12. The van der Waals surface area contributed by atoms with Gasteiger partial charge in [0.2, 0.25) is 0 Å². The van der Waals surface area contributed by atoms with E-state index in [9.17, 15) is 0 Å². The van der Waals surface area contributed by atoms with Gasteiger partial charge in [-0.05, 0) is 49.6 Å². The van der Waals surface area contributed by atoms with Crippen molar-refractivity contribution in [1.29, 1.82) is 0 Å². The Labute approximate surface area is 117 Å². The Morgan fingerprint density at radius 3 is 2.67 bits per heavy atom. The molecule has 0 radical (unpaired) electrons. The van der Waals surface area contributed by atoms with E-state index in [-0.39, 0.29) is 5.38 Å². The van der Waals surface area contributed by atoms with E-state index in [1.165, 1.54) is 20.9 Å². The molecule has 1 heterocycles. The first-order valence-corrected chi connectivity index (χ1v) is 7.19. The van der Waals surface area contributed by atoms with Crippen LogP contribution in [0.2, 0.25) is 0 Å². The van der Waals surface area contributed by atoms with Crippen molar-refractivity contribution in [2.75, 3.05) is 7.11 Å². The minimum absolute atomic E-state index is 0.0297. The molecule has 0 amide bonds. The maximum atomic E-state index is 6.52. The molecular formula is C15H17ClOS. The Morgan fingerprint density at radius 1 is 1.28 bits per heavy atom. The molecule has 0 N–H and O–H groups in total. The second kappa shape index (κ2) is 5.77. The van der Waals surface area contributed by atoms with Crippen molar-refractivity contribution in [3.8, 4) is 5.75 Å². The Balaban J connectivity index is 2.15. The highest BCUT2D eigenvalue weighted by atomic mass is 35.5. The molecule has 0 spiro atoms. The fourth-order valence-corrected chi connectivity index (χ4v) is 3.54. The number of methoxy groups -OCH3 is 1. The molecule has 1 nitrogen and oxygen atoms in total.